The zero-order valence-corrected chi connectivity index (χ0v) is 14.6. The number of nitrogens with zero attached hydrogens (tertiary/aromatic N) is 3. The van der Waals surface area contributed by atoms with Crippen molar-refractivity contribution in [3.8, 4) is 0 Å². The molecule has 0 spiro atoms. The van der Waals surface area contributed by atoms with E-state index in [1.807, 2.05) is 38.1 Å². The van der Waals surface area contributed by atoms with Crippen molar-refractivity contribution in [3.05, 3.63) is 88.8 Å². The smallest absolute Gasteiger partial charge is 0.143 e. The van der Waals surface area contributed by atoms with Gasteiger partial charge in [-0.05, 0) is 50.2 Å². The fraction of sp³-hybridized carbons (Fsp3) is 0.0952. The Kier molecular flexibility index (Phi) is 5.08. The van der Waals surface area contributed by atoms with Gasteiger partial charge < -0.3 is 10.2 Å². The Balaban J connectivity index is 1.90. The number of aliphatic hydroxyl groups excluding tert-OH is 2. The van der Waals surface area contributed by atoms with Gasteiger partial charge in [0.15, 0.2) is 0 Å². The van der Waals surface area contributed by atoms with Gasteiger partial charge in [-0.2, -0.15) is 0 Å². The number of aliphatic hydroxyl groups is 2. The molecule has 5 heteroatoms. The second-order valence-electron chi connectivity index (χ2n) is 5.87. The van der Waals surface area contributed by atoms with E-state index < -0.39 is 0 Å². The van der Waals surface area contributed by atoms with Crippen LogP contribution in [0.2, 0.25) is 0 Å². The first-order chi connectivity index (χ1) is 12.5. The summed E-state index contributed by atoms with van der Waals surface area (Å²) in [6.45, 7) is 3.77. The highest BCUT2D eigenvalue weighted by molar-refractivity contribution is 5.76. The lowest BCUT2D eigenvalue weighted by Gasteiger charge is -2.04. The standard InChI is InChI=1S/C21H19N3O2/c1-14-6-3-8-16(22-14)12-20(25)18-10-5-11-19(24-18)21(26)13-17-9-4-7-15(2)23-17/h3-13,25-26H,1-2H3/b20-12-,21-13-. The first-order valence-electron chi connectivity index (χ1n) is 8.18. The molecule has 5 nitrogen and oxygen atoms in total. The fourth-order valence-electron chi connectivity index (χ4n) is 2.44. The van der Waals surface area contributed by atoms with Crippen LogP contribution in [-0.2, 0) is 0 Å². The normalized spacial score (nSPS) is 12.2. The molecule has 0 aliphatic carbocycles. The van der Waals surface area contributed by atoms with Crippen LogP contribution in [0.25, 0.3) is 23.7 Å². The van der Waals surface area contributed by atoms with Crippen LogP contribution in [0.4, 0.5) is 0 Å². The number of hydrogen-bond donors (Lipinski definition) is 2. The van der Waals surface area contributed by atoms with Crippen molar-refractivity contribution < 1.29 is 10.2 Å². The molecule has 3 rings (SSSR count). The van der Waals surface area contributed by atoms with Crippen molar-refractivity contribution in [3.63, 3.8) is 0 Å². The first kappa shape index (κ1) is 17.4. The topological polar surface area (TPSA) is 79.1 Å². The van der Waals surface area contributed by atoms with Crippen molar-refractivity contribution in [1.29, 1.82) is 0 Å². The molecule has 3 aromatic heterocycles. The van der Waals surface area contributed by atoms with Gasteiger partial charge in [-0.15, -0.1) is 0 Å². The van der Waals surface area contributed by atoms with E-state index in [0.29, 0.717) is 22.8 Å². The van der Waals surface area contributed by atoms with Gasteiger partial charge in [0, 0.05) is 23.5 Å². The molecule has 26 heavy (non-hydrogen) atoms. The third-order valence-corrected chi connectivity index (χ3v) is 3.66. The monoisotopic (exact) mass is 345 g/mol. The van der Waals surface area contributed by atoms with Crippen LogP contribution in [-0.4, -0.2) is 25.2 Å². The highest BCUT2D eigenvalue weighted by Gasteiger charge is 2.07. The summed E-state index contributed by atoms with van der Waals surface area (Å²) < 4.78 is 0. The predicted molar refractivity (Wildman–Crippen MR) is 103 cm³/mol. The minimum atomic E-state index is -0.0218. The molecular formula is C21H19N3O2. The van der Waals surface area contributed by atoms with Gasteiger partial charge in [-0.3, -0.25) is 9.97 Å². The molecule has 0 aromatic carbocycles. The van der Waals surface area contributed by atoms with Crippen LogP contribution in [0.15, 0.2) is 54.6 Å². The predicted octanol–water partition coefficient (Wildman–Crippen LogP) is 4.60. The molecule has 0 radical (unpaired) electrons. The highest BCUT2D eigenvalue weighted by atomic mass is 16.3. The average Bonchev–Trinajstić information content (AvgIpc) is 2.62. The summed E-state index contributed by atoms with van der Waals surface area (Å²) in [4.78, 5) is 13.0. The number of pyridine rings is 3. The molecule has 0 aliphatic rings. The van der Waals surface area contributed by atoms with Gasteiger partial charge in [-0.25, -0.2) is 4.98 Å². The molecule has 3 heterocycles. The van der Waals surface area contributed by atoms with E-state index in [-0.39, 0.29) is 11.5 Å². The molecular weight excluding hydrogens is 326 g/mol. The van der Waals surface area contributed by atoms with E-state index in [9.17, 15) is 10.2 Å². The third-order valence-electron chi connectivity index (χ3n) is 3.66. The van der Waals surface area contributed by atoms with Crippen LogP contribution in [0.3, 0.4) is 0 Å². The molecule has 0 bridgehead atoms. The lowest BCUT2D eigenvalue weighted by Crippen LogP contribution is -1.95. The van der Waals surface area contributed by atoms with Crippen LogP contribution < -0.4 is 0 Å². The molecule has 2 N–H and O–H groups in total. The summed E-state index contributed by atoms with van der Waals surface area (Å²) >= 11 is 0. The van der Waals surface area contributed by atoms with Crippen molar-refractivity contribution in [2.75, 3.05) is 0 Å². The maximum atomic E-state index is 10.3. The van der Waals surface area contributed by atoms with Gasteiger partial charge in [0.25, 0.3) is 0 Å². The van der Waals surface area contributed by atoms with Crippen LogP contribution in [0.1, 0.15) is 34.2 Å². The Morgan fingerprint density at radius 3 is 1.50 bits per heavy atom. The molecule has 0 saturated carbocycles. The first-order valence-corrected chi connectivity index (χ1v) is 8.18. The van der Waals surface area contributed by atoms with Crippen LogP contribution in [0.5, 0.6) is 0 Å². The lowest BCUT2D eigenvalue weighted by molar-refractivity contribution is 0.506. The fourth-order valence-corrected chi connectivity index (χ4v) is 2.44. The second-order valence-corrected chi connectivity index (χ2v) is 5.87. The van der Waals surface area contributed by atoms with Gasteiger partial charge in [-0.1, -0.05) is 18.2 Å². The third kappa shape index (κ3) is 4.33. The second kappa shape index (κ2) is 7.61. The Labute approximate surface area is 152 Å². The van der Waals surface area contributed by atoms with Crippen molar-refractivity contribution in [2.24, 2.45) is 0 Å². The number of aryl methyl sites for hydroxylation is 2. The Hall–Kier alpha value is -3.47. The molecule has 3 aromatic rings. The average molecular weight is 345 g/mol. The summed E-state index contributed by atoms with van der Waals surface area (Å²) in [5.41, 5.74) is 3.70. The van der Waals surface area contributed by atoms with E-state index in [1.165, 1.54) is 0 Å². The van der Waals surface area contributed by atoms with E-state index in [2.05, 4.69) is 15.0 Å². The van der Waals surface area contributed by atoms with Crippen molar-refractivity contribution >= 4 is 23.7 Å². The van der Waals surface area contributed by atoms with Gasteiger partial charge in [0.2, 0.25) is 0 Å². The molecule has 0 unspecified atom stereocenters. The SMILES string of the molecule is Cc1cccc(/C=C(\O)c2cccc(/C(O)=C/c3cccc(C)n3)n2)n1. The highest BCUT2D eigenvalue weighted by Crippen LogP contribution is 2.17. The minimum Gasteiger partial charge on any atom is -0.506 e. The van der Waals surface area contributed by atoms with Gasteiger partial charge in [0.1, 0.15) is 22.9 Å². The van der Waals surface area contributed by atoms with Crippen LogP contribution >= 0.6 is 0 Å². The van der Waals surface area contributed by atoms with Gasteiger partial charge >= 0.3 is 0 Å². The maximum absolute atomic E-state index is 10.3. The largest absolute Gasteiger partial charge is 0.506 e. The minimum absolute atomic E-state index is 0.0218. The van der Waals surface area contributed by atoms with E-state index in [1.54, 1.807) is 42.5 Å². The summed E-state index contributed by atoms with van der Waals surface area (Å²) in [7, 11) is 0. The quantitative estimate of drug-likeness (QED) is 0.676. The van der Waals surface area contributed by atoms with Gasteiger partial charge in [0.05, 0.1) is 11.4 Å². The summed E-state index contributed by atoms with van der Waals surface area (Å²) in [5.74, 6) is -0.0436. The molecule has 130 valence electrons. The molecule has 0 fully saturated rings. The zero-order chi connectivity index (χ0) is 18.5. The number of aromatic nitrogens is 3. The summed E-state index contributed by atoms with van der Waals surface area (Å²) in [6, 6.07) is 16.2. The Morgan fingerprint density at radius 2 is 1.08 bits per heavy atom. The van der Waals surface area contributed by atoms with E-state index in [0.717, 1.165) is 11.4 Å². The van der Waals surface area contributed by atoms with E-state index >= 15 is 0 Å². The van der Waals surface area contributed by atoms with Crippen molar-refractivity contribution in [2.45, 2.75) is 13.8 Å². The number of rotatable bonds is 4. The summed E-state index contributed by atoms with van der Waals surface area (Å²) in [5, 5.41) is 20.7. The molecule has 0 amide bonds. The van der Waals surface area contributed by atoms with E-state index in [4.69, 9.17) is 0 Å². The summed E-state index contributed by atoms with van der Waals surface area (Å²) in [6.07, 6.45) is 3.09. The maximum Gasteiger partial charge on any atom is 0.143 e. The van der Waals surface area contributed by atoms with Crippen LogP contribution in [0, 0.1) is 13.8 Å². The zero-order valence-electron chi connectivity index (χ0n) is 14.6. The molecule has 0 saturated heterocycles. The lowest BCUT2D eigenvalue weighted by atomic mass is 10.2. The Bertz CT molecular complexity index is 917. The number of hydrogen-bond acceptors (Lipinski definition) is 5. The molecule has 0 aliphatic heterocycles. The van der Waals surface area contributed by atoms with Crippen molar-refractivity contribution in [1.82, 2.24) is 15.0 Å². The molecule has 0 atom stereocenters. The Morgan fingerprint density at radius 1 is 0.654 bits per heavy atom.